The highest BCUT2D eigenvalue weighted by Crippen LogP contribution is 2.39. The van der Waals surface area contributed by atoms with Crippen LogP contribution in [0.3, 0.4) is 0 Å². The molecule has 0 aromatic carbocycles. The molecular weight excluding hydrogens is 240 g/mol. The van der Waals surface area contributed by atoms with E-state index in [1.54, 1.807) is 0 Å². The van der Waals surface area contributed by atoms with Gasteiger partial charge < -0.3 is 20.1 Å². The van der Waals surface area contributed by atoms with Gasteiger partial charge in [0, 0.05) is 31.4 Å². The SMILES string of the molecule is CN(C)C(C)(C)C(N)C1CCOC2(CCOCC2)C1. The van der Waals surface area contributed by atoms with E-state index in [-0.39, 0.29) is 17.2 Å². The summed E-state index contributed by atoms with van der Waals surface area (Å²) < 4.78 is 11.6. The predicted octanol–water partition coefficient (Wildman–Crippen LogP) is 1.63. The van der Waals surface area contributed by atoms with Crippen molar-refractivity contribution in [1.29, 1.82) is 0 Å². The molecule has 4 heteroatoms. The molecule has 19 heavy (non-hydrogen) atoms. The molecule has 0 amide bonds. The highest BCUT2D eigenvalue weighted by Gasteiger charge is 2.44. The number of nitrogens with two attached hydrogens (primary N) is 1. The summed E-state index contributed by atoms with van der Waals surface area (Å²) in [5.41, 5.74) is 6.65. The molecule has 0 radical (unpaired) electrons. The second kappa shape index (κ2) is 5.68. The van der Waals surface area contributed by atoms with E-state index in [9.17, 15) is 0 Å². The molecule has 112 valence electrons. The molecule has 4 nitrogen and oxygen atoms in total. The van der Waals surface area contributed by atoms with Gasteiger partial charge >= 0.3 is 0 Å². The lowest BCUT2D eigenvalue weighted by molar-refractivity contribution is -0.152. The largest absolute Gasteiger partial charge is 0.381 e. The second-order valence-corrected chi connectivity index (χ2v) is 6.97. The summed E-state index contributed by atoms with van der Waals surface area (Å²) in [6, 6.07) is 0.186. The van der Waals surface area contributed by atoms with Crippen molar-refractivity contribution in [3.8, 4) is 0 Å². The summed E-state index contributed by atoms with van der Waals surface area (Å²) in [4.78, 5) is 2.24. The van der Waals surface area contributed by atoms with E-state index < -0.39 is 0 Å². The molecular formula is C15H30N2O2. The first kappa shape index (κ1) is 15.2. The van der Waals surface area contributed by atoms with Gasteiger partial charge in [0.05, 0.1) is 5.60 Å². The minimum atomic E-state index is 0.0222. The molecule has 0 aromatic rings. The lowest BCUT2D eigenvalue weighted by atomic mass is 9.73. The van der Waals surface area contributed by atoms with Gasteiger partial charge in [0.2, 0.25) is 0 Å². The molecule has 2 rings (SSSR count). The van der Waals surface area contributed by atoms with E-state index >= 15 is 0 Å². The van der Waals surface area contributed by atoms with E-state index in [2.05, 4.69) is 32.8 Å². The first-order valence-corrected chi connectivity index (χ1v) is 7.52. The summed E-state index contributed by atoms with van der Waals surface area (Å²) in [6.45, 7) is 6.99. The fourth-order valence-corrected chi connectivity index (χ4v) is 3.34. The van der Waals surface area contributed by atoms with Crippen molar-refractivity contribution in [3.63, 3.8) is 0 Å². The van der Waals surface area contributed by atoms with Crippen LogP contribution in [-0.4, -0.2) is 56.0 Å². The standard InChI is InChI=1S/C15H30N2O2/c1-14(2,17(3)4)13(16)12-5-8-19-15(11-12)6-9-18-10-7-15/h12-13H,5-11,16H2,1-4H3. The van der Waals surface area contributed by atoms with Gasteiger partial charge in [-0.1, -0.05) is 0 Å². The minimum Gasteiger partial charge on any atom is -0.381 e. The lowest BCUT2D eigenvalue weighted by Gasteiger charge is -2.49. The first-order valence-electron chi connectivity index (χ1n) is 7.52. The number of hydrogen-bond donors (Lipinski definition) is 1. The normalized spacial score (nSPS) is 29.7. The molecule has 1 spiro atoms. The van der Waals surface area contributed by atoms with E-state index in [0.29, 0.717) is 5.92 Å². The third kappa shape index (κ3) is 3.13. The monoisotopic (exact) mass is 270 g/mol. The molecule has 2 atom stereocenters. The van der Waals surface area contributed by atoms with Gasteiger partial charge in [0.25, 0.3) is 0 Å². The van der Waals surface area contributed by atoms with Crippen molar-refractivity contribution in [2.75, 3.05) is 33.9 Å². The summed E-state index contributed by atoms with van der Waals surface area (Å²) in [5.74, 6) is 0.546. The Balaban J connectivity index is 2.04. The first-order chi connectivity index (χ1) is 8.87. The van der Waals surface area contributed by atoms with Crippen molar-refractivity contribution in [1.82, 2.24) is 4.90 Å². The number of hydrogen-bond acceptors (Lipinski definition) is 4. The van der Waals surface area contributed by atoms with Crippen molar-refractivity contribution < 1.29 is 9.47 Å². The molecule has 2 aliphatic rings. The molecule has 2 heterocycles. The zero-order chi connectivity index (χ0) is 14.1. The average Bonchev–Trinajstić information content (AvgIpc) is 2.38. The molecule has 0 bridgehead atoms. The van der Waals surface area contributed by atoms with Crippen LogP contribution in [0.4, 0.5) is 0 Å². The van der Waals surface area contributed by atoms with E-state index in [1.807, 2.05) is 0 Å². The van der Waals surface area contributed by atoms with Crippen LogP contribution in [0, 0.1) is 5.92 Å². The van der Waals surface area contributed by atoms with Crippen LogP contribution >= 0.6 is 0 Å². The maximum absolute atomic E-state index is 6.59. The highest BCUT2D eigenvalue weighted by molar-refractivity contribution is 4.99. The Kier molecular flexibility index (Phi) is 4.56. The van der Waals surface area contributed by atoms with Gasteiger partial charge in [-0.15, -0.1) is 0 Å². The Morgan fingerprint density at radius 3 is 2.42 bits per heavy atom. The van der Waals surface area contributed by atoms with Crippen LogP contribution in [0.2, 0.25) is 0 Å². The zero-order valence-corrected chi connectivity index (χ0v) is 12.9. The van der Waals surface area contributed by atoms with Crippen LogP contribution in [0.25, 0.3) is 0 Å². The van der Waals surface area contributed by atoms with Crippen molar-refractivity contribution in [2.45, 2.75) is 56.7 Å². The van der Waals surface area contributed by atoms with Crippen molar-refractivity contribution >= 4 is 0 Å². The summed E-state index contributed by atoms with van der Waals surface area (Å²) in [6.07, 6.45) is 4.23. The van der Waals surface area contributed by atoms with Crippen LogP contribution in [-0.2, 0) is 9.47 Å². The highest BCUT2D eigenvalue weighted by atomic mass is 16.5. The number of nitrogens with zero attached hydrogens (tertiary/aromatic N) is 1. The van der Waals surface area contributed by atoms with Crippen molar-refractivity contribution in [2.24, 2.45) is 11.7 Å². The van der Waals surface area contributed by atoms with Gasteiger partial charge in [-0.05, 0) is 59.5 Å². The Hall–Kier alpha value is -0.160. The van der Waals surface area contributed by atoms with Gasteiger partial charge in [-0.25, -0.2) is 0 Å². The maximum atomic E-state index is 6.59. The smallest absolute Gasteiger partial charge is 0.0729 e. The van der Waals surface area contributed by atoms with Gasteiger partial charge in [-0.3, -0.25) is 0 Å². The van der Waals surface area contributed by atoms with Crippen molar-refractivity contribution in [3.05, 3.63) is 0 Å². The molecule has 2 aliphatic heterocycles. The third-order valence-electron chi connectivity index (χ3n) is 5.41. The van der Waals surface area contributed by atoms with E-state index in [0.717, 1.165) is 45.5 Å². The van der Waals surface area contributed by atoms with Crippen LogP contribution in [0.15, 0.2) is 0 Å². The third-order valence-corrected chi connectivity index (χ3v) is 5.41. The quantitative estimate of drug-likeness (QED) is 0.847. The van der Waals surface area contributed by atoms with E-state index in [4.69, 9.17) is 15.2 Å². The fraction of sp³-hybridized carbons (Fsp3) is 1.00. The Labute approximate surface area is 117 Å². The Morgan fingerprint density at radius 1 is 1.21 bits per heavy atom. The van der Waals surface area contributed by atoms with Gasteiger partial charge in [0.1, 0.15) is 0 Å². The molecule has 0 aliphatic carbocycles. The Bertz CT molecular complexity index is 293. The molecule has 2 N–H and O–H groups in total. The Morgan fingerprint density at radius 2 is 1.84 bits per heavy atom. The van der Waals surface area contributed by atoms with Crippen LogP contribution in [0.5, 0.6) is 0 Å². The summed E-state index contributed by atoms with van der Waals surface area (Å²) in [5, 5.41) is 0. The molecule has 2 saturated heterocycles. The number of likely N-dealkylation sites (N-methyl/N-ethyl adjacent to an activating group) is 1. The average molecular weight is 270 g/mol. The molecule has 2 fully saturated rings. The zero-order valence-electron chi connectivity index (χ0n) is 12.9. The van der Waals surface area contributed by atoms with Crippen LogP contribution < -0.4 is 5.73 Å². The fourth-order valence-electron chi connectivity index (χ4n) is 3.34. The maximum Gasteiger partial charge on any atom is 0.0729 e. The molecule has 0 aromatic heterocycles. The van der Waals surface area contributed by atoms with E-state index in [1.165, 1.54) is 0 Å². The predicted molar refractivity (Wildman–Crippen MR) is 77.2 cm³/mol. The topological polar surface area (TPSA) is 47.7 Å². The van der Waals surface area contributed by atoms with Crippen LogP contribution in [0.1, 0.15) is 39.5 Å². The second-order valence-electron chi connectivity index (χ2n) is 6.97. The van der Waals surface area contributed by atoms with Gasteiger partial charge in [0.15, 0.2) is 0 Å². The lowest BCUT2D eigenvalue weighted by Crippen LogP contribution is -2.59. The minimum absolute atomic E-state index is 0.0222. The summed E-state index contributed by atoms with van der Waals surface area (Å²) in [7, 11) is 4.23. The number of rotatable bonds is 3. The summed E-state index contributed by atoms with van der Waals surface area (Å²) >= 11 is 0. The molecule has 2 unspecified atom stereocenters. The number of ether oxygens (including phenoxy) is 2. The molecule has 0 saturated carbocycles. The van der Waals surface area contributed by atoms with Gasteiger partial charge in [-0.2, -0.15) is 0 Å².